The third-order valence-electron chi connectivity index (χ3n) is 5.11. The number of nitrogens with zero attached hydrogens (tertiary/aromatic N) is 1. The molecule has 0 saturated heterocycles. The first-order valence-electron chi connectivity index (χ1n) is 10.1. The van der Waals surface area contributed by atoms with Gasteiger partial charge in [-0.3, -0.25) is 10.1 Å². The maximum Gasteiger partial charge on any atom is 0.416 e. The topological polar surface area (TPSA) is 54.0 Å². The smallest absolute Gasteiger partial charge is 0.358 e. The molecule has 2 N–H and O–H groups in total. The van der Waals surface area contributed by atoms with E-state index in [2.05, 4.69) is 15.6 Å². The number of hydrogen-bond acceptors (Lipinski definition) is 3. The summed E-state index contributed by atoms with van der Waals surface area (Å²) in [5.41, 5.74) is 1.50. The second-order valence-corrected chi connectivity index (χ2v) is 7.68. The minimum atomic E-state index is -4.37. The molecule has 3 rings (SSSR count). The summed E-state index contributed by atoms with van der Waals surface area (Å²) in [4.78, 5) is 17.0. The number of alkyl halides is 3. The van der Waals surface area contributed by atoms with Crippen LogP contribution in [0.4, 0.5) is 13.2 Å². The van der Waals surface area contributed by atoms with Gasteiger partial charge < -0.3 is 5.32 Å². The van der Waals surface area contributed by atoms with Crippen molar-refractivity contribution in [3.63, 3.8) is 0 Å². The summed E-state index contributed by atoms with van der Waals surface area (Å²) in [5.74, 6) is -0.210. The highest BCUT2D eigenvalue weighted by molar-refractivity contribution is 6.29. The number of likely N-dealkylation sites (N-methyl/N-ethyl adjacent to an activating group) is 1. The van der Waals surface area contributed by atoms with Gasteiger partial charge in [-0.25, -0.2) is 4.98 Å². The van der Waals surface area contributed by atoms with Crippen molar-refractivity contribution in [1.82, 2.24) is 15.6 Å². The molecule has 1 aromatic heterocycles. The molecule has 0 aliphatic heterocycles. The Morgan fingerprint density at radius 1 is 1.00 bits per heavy atom. The van der Waals surface area contributed by atoms with E-state index in [1.54, 1.807) is 19.2 Å². The monoisotopic (exact) mass is 461 g/mol. The first kappa shape index (κ1) is 23.8. The molecule has 32 heavy (non-hydrogen) atoms. The lowest BCUT2D eigenvalue weighted by Gasteiger charge is -2.25. The fourth-order valence-corrected chi connectivity index (χ4v) is 3.59. The predicted octanol–water partition coefficient (Wildman–Crippen LogP) is 5.50. The van der Waals surface area contributed by atoms with Crippen LogP contribution in [-0.4, -0.2) is 17.9 Å². The summed E-state index contributed by atoms with van der Waals surface area (Å²) < 4.78 is 38.5. The van der Waals surface area contributed by atoms with E-state index in [9.17, 15) is 18.0 Å². The Bertz CT molecular complexity index is 1030. The van der Waals surface area contributed by atoms with E-state index in [1.165, 1.54) is 12.1 Å². The summed E-state index contributed by atoms with van der Waals surface area (Å²) >= 11 is 6.08. The molecule has 8 heteroatoms. The third-order valence-corrected chi connectivity index (χ3v) is 5.32. The first-order valence-corrected chi connectivity index (χ1v) is 10.5. The maximum absolute atomic E-state index is 12.8. The van der Waals surface area contributed by atoms with Crippen LogP contribution in [0.15, 0.2) is 72.8 Å². The lowest BCUT2D eigenvalue weighted by atomic mass is 9.98. The van der Waals surface area contributed by atoms with Crippen molar-refractivity contribution in [2.45, 2.75) is 31.1 Å². The van der Waals surface area contributed by atoms with Crippen molar-refractivity contribution in [2.75, 3.05) is 7.05 Å². The number of rotatable bonds is 8. The van der Waals surface area contributed by atoms with Gasteiger partial charge in [0.25, 0.3) is 0 Å². The van der Waals surface area contributed by atoms with Crippen molar-refractivity contribution >= 4 is 17.5 Å². The molecular weight excluding hydrogens is 439 g/mol. The van der Waals surface area contributed by atoms with Gasteiger partial charge in [-0.2, -0.15) is 13.2 Å². The molecule has 168 valence electrons. The van der Waals surface area contributed by atoms with Gasteiger partial charge in [0.2, 0.25) is 5.91 Å². The van der Waals surface area contributed by atoms with Crippen LogP contribution in [0.1, 0.15) is 40.9 Å². The Hall–Kier alpha value is -2.90. The van der Waals surface area contributed by atoms with Crippen LogP contribution in [0.2, 0.25) is 5.15 Å². The lowest BCUT2D eigenvalue weighted by Crippen LogP contribution is -2.38. The van der Waals surface area contributed by atoms with Gasteiger partial charge in [-0.15, -0.1) is 0 Å². The number of aryl methyl sites for hydroxylation is 1. The molecule has 1 amide bonds. The summed E-state index contributed by atoms with van der Waals surface area (Å²) in [6, 6.07) is 18.6. The van der Waals surface area contributed by atoms with Crippen molar-refractivity contribution < 1.29 is 18.0 Å². The molecule has 0 saturated carbocycles. The van der Waals surface area contributed by atoms with Crippen LogP contribution in [0, 0.1) is 0 Å². The van der Waals surface area contributed by atoms with E-state index in [0.29, 0.717) is 23.7 Å². The molecule has 1 heterocycles. The van der Waals surface area contributed by atoms with Crippen molar-refractivity contribution in [2.24, 2.45) is 0 Å². The average molecular weight is 462 g/mol. The van der Waals surface area contributed by atoms with Gasteiger partial charge in [0.15, 0.2) is 0 Å². The molecule has 3 aromatic rings. The zero-order chi connectivity index (χ0) is 23.1. The largest absolute Gasteiger partial charge is 0.416 e. The normalized spacial score (nSPS) is 13.4. The van der Waals surface area contributed by atoms with Gasteiger partial charge in [-0.05, 0) is 48.2 Å². The van der Waals surface area contributed by atoms with Gasteiger partial charge in [0.1, 0.15) is 11.2 Å². The summed E-state index contributed by atoms with van der Waals surface area (Å²) in [6.07, 6.45) is -3.39. The number of nitrogens with one attached hydrogen (secondary N) is 2. The van der Waals surface area contributed by atoms with Crippen LogP contribution in [0.5, 0.6) is 0 Å². The molecule has 0 unspecified atom stereocenters. The van der Waals surface area contributed by atoms with E-state index < -0.39 is 17.8 Å². The van der Waals surface area contributed by atoms with Crippen LogP contribution in [0.25, 0.3) is 0 Å². The quantitative estimate of drug-likeness (QED) is 0.435. The first-order chi connectivity index (χ1) is 15.3. The molecule has 0 aliphatic carbocycles. The van der Waals surface area contributed by atoms with Crippen molar-refractivity contribution in [3.8, 4) is 0 Å². The molecule has 0 fully saturated rings. The molecule has 0 aliphatic rings. The molecular formula is C24H23ClF3N3O. The minimum absolute atomic E-state index is 0.210. The number of halogens is 4. The van der Waals surface area contributed by atoms with E-state index in [-0.39, 0.29) is 11.9 Å². The summed E-state index contributed by atoms with van der Waals surface area (Å²) in [7, 11) is 1.56. The molecule has 0 radical (unpaired) electrons. The van der Waals surface area contributed by atoms with E-state index >= 15 is 0 Å². The van der Waals surface area contributed by atoms with Gasteiger partial charge in [0.05, 0.1) is 17.3 Å². The number of carbonyl (C=O) groups excluding carboxylic acids is 1. The number of carbonyl (C=O) groups is 1. The van der Waals surface area contributed by atoms with Crippen LogP contribution in [0.3, 0.4) is 0 Å². The highest BCUT2D eigenvalue weighted by Crippen LogP contribution is 2.30. The van der Waals surface area contributed by atoms with Crippen LogP contribution >= 0.6 is 11.6 Å². The standard InChI is InChI=1S/C24H23ClF3N3O/c1-29-23(32)22(17-6-3-2-4-7-17)31-20(19-8-5-9-21(25)30-19)15-12-16-10-13-18(14-11-16)24(26,27)28/h2-11,13-14,20,22,31H,12,15H2,1H3,(H,29,32)/t20-,22+/m1/s1. The SMILES string of the molecule is CNC(=O)[C@@H](N[C@H](CCc1ccc(C(F)(F)F)cc1)c1cccc(Cl)n1)c1ccccc1. The number of aromatic nitrogens is 1. The zero-order valence-electron chi connectivity index (χ0n) is 17.4. The Balaban J connectivity index is 1.84. The third kappa shape index (κ3) is 6.31. The summed E-state index contributed by atoms with van der Waals surface area (Å²) in [5, 5.41) is 6.35. The summed E-state index contributed by atoms with van der Waals surface area (Å²) in [6.45, 7) is 0. The highest BCUT2D eigenvalue weighted by Gasteiger charge is 2.30. The minimum Gasteiger partial charge on any atom is -0.358 e. The second kappa shape index (κ2) is 10.6. The molecule has 0 spiro atoms. The molecule has 2 aromatic carbocycles. The zero-order valence-corrected chi connectivity index (χ0v) is 18.1. The van der Waals surface area contributed by atoms with E-state index in [1.807, 2.05) is 36.4 Å². The van der Waals surface area contributed by atoms with E-state index in [0.717, 1.165) is 23.3 Å². The van der Waals surface area contributed by atoms with Gasteiger partial charge >= 0.3 is 6.18 Å². The Labute approximate surface area is 189 Å². The average Bonchev–Trinajstić information content (AvgIpc) is 2.79. The maximum atomic E-state index is 12.8. The van der Waals surface area contributed by atoms with Gasteiger partial charge in [0, 0.05) is 7.05 Å². The van der Waals surface area contributed by atoms with Crippen LogP contribution in [-0.2, 0) is 17.4 Å². The number of benzene rings is 2. The Kier molecular flexibility index (Phi) is 7.88. The second-order valence-electron chi connectivity index (χ2n) is 7.30. The number of amides is 1. The highest BCUT2D eigenvalue weighted by atomic mass is 35.5. The van der Waals surface area contributed by atoms with Crippen LogP contribution < -0.4 is 10.6 Å². The fraction of sp³-hybridized carbons (Fsp3) is 0.250. The molecule has 0 bridgehead atoms. The Morgan fingerprint density at radius 2 is 1.69 bits per heavy atom. The van der Waals surface area contributed by atoms with Crippen molar-refractivity contribution in [1.29, 1.82) is 0 Å². The lowest BCUT2D eigenvalue weighted by molar-refractivity contribution is -0.137. The van der Waals surface area contributed by atoms with Gasteiger partial charge in [-0.1, -0.05) is 60.1 Å². The number of hydrogen-bond donors (Lipinski definition) is 2. The fourth-order valence-electron chi connectivity index (χ4n) is 3.42. The Morgan fingerprint density at radius 3 is 2.28 bits per heavy atom. The molecule has 2 atom stereocenters. The number of pyridine rings is 1. The van der Waals surface area contributed by atoms with E-state index in [4.69, 9.17) is 11.6 Å². The predicted molar refractivity (Wildman–Crippen MR) is 118 cm³/mol. The van der Waals surface area contributed by atoms with Crippen molar-refractivity contribution in [3.05, 3.63) is 100 Å². The molecule has 4 nitrogen and oxygen atoms in total.